The fourth-order valence-electron chi connectivity index (χ4n) is 1.40. The average Bonchev–Trinajstić information content (AvgIpc) is 2.41. The molecule has 2 amide bonds. The third-order valence-corrected chi connectivity index (χ3v) is 3.43. The number of nitrogens with zero attached hydrogens (tertiary/aromatic N) is 2. The van der Waals surface area contributed by atoms with Crippen LogP contribution in [-0.2, 0) is 9.59 Å². The highest BCUT2D eigenvalue weighted by atomic mass is 79.9. The van der Waals surface area contributed by atoms with Crippen LogP contribution in [0.4, 0.5) is 10.1 Å². The van der Waals surface area contributed by atoms with Crippen molar-refractivity contribution in [2.75, 3.05) is 12.4 Å². The van der Waals surface area contributed by atoms with E-state index in [9.17, 15) is 14.0 Å². The van der Waals surface area contributed by atoms with Crippen molar-refractivity contribution in [2.45, 2.75) is 19.4 Å². The number of likely N-dealkylation sites (N-methyl/N-ethyl adjacent to an activating group) is 1. The Hall–Kier alpha value is -1.94. The minimum absolute atomic E-state index is 0.124. The van der Waals surface area contributed by atoms with Crippen LogP contribution in [0.3, 0.4) is 0 Å². The van der Waals surface area contributed by atoms with Gasteiger partial charge in [0.1, 0.15) is 5.82 Å². The molecule has 1 rings (SSSR count). The maximum absolute atomic E-state index is 13.1. The number of rotatable bonds is 3. The first-order chi connectivity index (χ1) is 9.36. The number of carbonyl (C=O) groups is 2. The molecule has 1 aromatic carbocycles. The van der Waals surface area contributed by atoms with Gasteiger partial charge in [0.25, 0.3) is 0 Å². The van der Waals surface area contributed by atoms with E-state index >= 15 is 0 Å². The molecule has 1 aromatic rings. The molecule has 0 saturated heterocycles. The van der Waals surface area contributed by atoms with Crippen LogP contribution >= 0.6 is 15.9 Å². The molecular formula is C13H13BrFN3O2. The minimum Gasteiger partial charge on any atom is -0.334 e. The number of benzene rings is 1. The fraction of sp³-hybridized carbons (Fsp3) is 0.308. The zero-order chi connectivity index (χ0) is 15.3. The van der Waals surface area contributed by atoms with Crippen molar-refractivity contribution < 1.29 is 14.0 Å². The van der Waals surface area contributed by atoms with Crippen LogP contribution in [-0.4, -0.2) is 29.8 Å². The Morgan fingerprint density at radius 1 is 1.55 bits per heavy atom. The number of nitrogens with one attached hydrogen (secondary N) is 1. The van der Waals surface area contributed by atoms with Gasteiger partial charge in [-0.1, -0.05) is 0 Å². The Morgan fingerprint density at radius 2 is 2.20 bits per heavy atom. The number of hydrogen-bond donors (Lipinski definition) is 1. The Kier molecular flexibility index (Phi) is 5.65. The summed E-state index contributed by atoms with van der Waals surface area (Å²) >= 11 is 3.15. The highest BCUT2D eigenvalue weighted by molar-refractivity contribution is 9.10. The molecule has 0 heterocycles. The highest BCUT2D eigenvalue weighted by Crippen LogP contribution is 2.23. The minimum atomic E-state index is -0.886. The molecule has 106 valence electrons. The van der Waals surface area contributed by atoms with Crippen molar-refractivity contribution in [3.8, 4) is 6.07 Å². The van der Waals surface area contributed by atoms with Crippen LogP contribution in [0.5, 0.6) is 0 Å². The van der Waals surface area contributed by atoms with E-state index in [-0.39, 0.29) is 18.2 Å². The molecule has 5 nitrogen and oxygen atoms in total. The summed E-state index contributed by atoms with van der Waals surface area (Å²) in [7, 11) is 1.44. The molecule has 0 aliphatic rings. The quantitative estimate of drug-likeness (QED) is 0.857. The fourth-order valence-corrected chi connectivity index (χ4v) is 1.74. The Morgan fingerprint density at radius 3 is 2.80 bits per heavy atom. The Labute approximate surface area is 124 Å². The van der Waals surface area contributed by atoms with Crippen LogP contribution in [0.25, 0.3) is 0 Å². The molecule has 0 bridgehead atoms. The number of hydrogen-bond acceptors (Lipinski definition) is 3. The summed E-state index contributed by atoms with van der Waals surface area (Å²) in [6, 6.07) is 5.30. The maximum Gasteiger partial charge on any atom is 0.313 e. The number of anilines is 1. The lowest BCUT2D eigenvalue weighted by atomic mass is 10.2. The lowest BCUT2D eigenvalue weighted by Gasteiger charge is -2.22. The average molecular weight is 342 g/mol. The molecule has 0 fully saturated rings. The summed E-state index contributed by atoms with van der Waals surface area (Å²) in [5, 5.41) is 10.9. The molecule has 0 aromatic heterocycles. The summed E-state index contributed by atoms with van der Waals surface area (Å²) in [6.45, 7) is 1.66. The van der Waals surface area contributed by atoms with E-state index in [0.717, 1.165) is 6.07 Å². The monoisotopic (exact) mass is 341 g/mol. The van der Waals surface area contributed by atoms with E-state index in [0.29, 0.717) is 4.47 Å². The molecule has 0 radical (unpaired) electrons. The molecule has 20 heavy (non-hydrogen) atoms. The third kappa shape index (κ3) is 4.03. The maximum atomic E-state index is 13.1. The van der Waals surface area contributed by atoms with E-state index in [1.54, 1.807) is 6.92 Å². The van der Waals surface area contributed by atoms with Gasteiger partial charge in [-0.25, -0.2) is 4.39 Å². The summed E-state index contributed by atoms with van der Waals surface area (Å²) in [5.74, 6) is -2.20. The molecule has 0 unspecified atom stereocenters. The predicted octanol–water partition coefficient (Wildman–Crippen LogP) is 2.29. The zero-order valence-electron chi connectivity index (χ0n) is 11.0. The van der Waals surface area contributed by atoms with Crippen LogP contribution in [0.1, 0.15) is 13.3 Å². The standard InChI is InChI=1S/C13H13BrFN3O2/c1-8(5-6-16)18(2)13(20)12(19)17-11-7-9(15)3-4-10(11)14/h3-4,7-8H,5H2,1-2H3,(H,17,19)/t8-/m1/s1. The third-order valence-electron chi connectivity index (χ3n) is 2.74. The van der Waals surface area contributed by atoms with E-state index in [4.69, 9.17) is 5.26 Å². The van der Waals surface area contributed by atoms with Gasteiger partial charge in [-0.2, -0.15) is 5.26 Å². The van der Waals surface area contributed by atoms with E-state index < -0.39 is 17.6 Å². The van der Waals surface area contributed by atoms with Crippen LogP contribution in [0, 0.1) is 17.1 Å². The molecule has 0 saturated carbocycles. The summed E-state index contributed by atoms with van der Waals surface area (Å²) < 4.78 is 13.5. The number of amides is 2. The van der Waals surface area contributed by atoms with Crippen LogP contribution in [0.2, 0.25) is 0 Å². The second-order valence-electron chi connectivity index (χ2n) is 4.21. The first kappa shape index (κ1) is 16.1. The van der Waals surface area contributed by atoms with Crippen molar-refractivity contribution in [1.82, 2.24) is 4.90 Å². The van der Waals surface area contributed by atoms with Crippen LogP contribution < -0.4 is 5.32 Å². The number of carbonyl (C=O) groups excluding carboxylic acids is 2. The SMILES string of the molecule is C[C@H](CC#N)N(C)C(=O)C(=O)Nc1cc(F)ccc1Br. The highest BCUT2D eigenvalue weighted by Gasteiger charge is 2.23. The van der Waals surface area contributed by atoms with Crippen molar-refractivity contribution in [2.24, 2.45) is 0 Å². The van der Waals surface area contributed by atoms with Gasteiger partial charge in [-0.05, 0) is 41.1 Å². The second kappa shape index (κ2) is 7.01. The topological polar surface area (TPSA) is 73.2 Å². The van der Waals surface area contributed by atoms with E-state index in [1.165, 1.54) is 24.1 Å². The van der Waals surface area contributed by atoms with Gasteiger partial charge in [-0.15, -0.1) is 0 Å². The van der Waals surface area contributed by atoms with E-state index in [1.807, 2.05) is 6.07 Å². The van der Waals surface area contributed by atoms with Crippen molar-refractivity contribution >= 4 is 33.4 Å². The van der Waals surface area contributed by atoms with Crippen LogP contribution in [0.15, 0.2) is 22.7 Å². The molecule has 0 spiro atoms. The Balaban J connectivity index is 2.78. The molecule has 1 atom stereocenters. The number of nitriles is 1. The second-order valence-corrected chi connectivity index (χ2v) is 5.06. The predicted molar refractivity (Wildman–Crippen MR) is 75.2 cm³/mol. The molecule has 7 heteroatoms. The van der Waals surface area contributed by atoms with Gasteiger partial charge in [-0.3, -0.25) is 9.59 Å². The van der Waals surface area contributed by atoms with Gasteiger partial charge in [0.2, 0.25) is 0 Å². The Bertz CT molecular complexity index is 571. The van der Waals surface area contributed by atoms with E-state index in [2.05, 4.69) is 21.2 Å². The summed E-state index contributed by atoms with van der Waals surface area (Å²) in [6.07, 6.45) is 0.124. The lowest BCUT2D eigenvalue weighted by Crippen LogP contribution is -2.42. The zero-order valence-corrected chi connectivity index (χ0v) is 12.6. The first-order valence-electron chi connectivity index (χ1n) is 5.77. The smallest absolute Gasteiger partial charge is 0.313 e. The molecule has 0 aliphatic carbocycles. The van der Waals surface area contributed by atoms with Crippen molar-refractivity contribution in [3.63, 3.8) is 0 Å². The van der Waals surface area contributed by atoms with Gasteiger partial charge >= 0.3 is 11.8 Å². The van der Waals surface area contributed by atoms with Gasteiger partial charge < -0.3 is 10.2 Å². The van der Waals surface area contributed by atoms with Crippen molar-refractivity contribution in [1.29, 1.82) is 5.26 Å². The normalized spacial score (nSPS) is 11.3. The van der Waals surface area contributed by atoms with Gasteiger partial charge in [0, 0.05) is 17.6 Å². The van der Waals surface area contributed by atoms with Gasteiger partial charge in [0.15, 0.2) is 0 Å². The lowest BCUT2D eigenvalue weighted by molar-refractivity contribution is -0.143. The summed E-state index contributed by atoms with van der Waals surface area (Å²) in [5.41, 5.74) is 0.171. The van der Waals surface area contributed by atoms with Crippen molar-refractivity contribution in [3.05, 3.63) is 28.5 Å². The number of halogens is 2. The molecule has 1 N–H and O–H groups in total. The largest absolute Gasteiger partial charge is 0.334 e. The van der Waals surface area contributed by atoms with Gasteiger partial charge in [0.05, 0.1) is 18.2 Å². The first-order valence-corrected chi connectivity index (χ1v) is 6.56. The molecular weight excluding hydrogens is 329 g/mol. The molecule has 0 aliphatic heterocycles. The summed E-state index contributed by atoms with van der Waals surface area (Å²) in [4.78, 5) is 24.8.